The summed E-state index contributed by atoms with van der Waals surface area (Å²) in [5.41, 5.74) is 0. The van der Waals surface area contributed by atoms with Crippen LogP contribution in [-0.4, -0.2) is 41.1 Å². The van der Waals surface area contributed by atoms with E-state index in [0.717, 1.165) is 25.8 Å². The molecule has 2 unspecified atom stereocenters. The highest BCUT2D eigenvalue weighted by Crippen LogP contribution is 2.07. The summed E-state index contributed by atoms with van der Waals surface area (Å²) in [6.07, 6.45) is 4.30. The van der Waals surface area contributed by atoms with Crippen molar-refractivity contribution in [3.8, 4) is 0 Å². The number of carbonyl (C=O) groups is 2. The van der Waals surface area contributed by atoms with Crippen LogP contribution in [0.15, 0.2) is 0 Å². The minimum atomic E-state index is -0.777. The van der Waals surface area contributed by atoms with Crippen LogP contribution in [0.5, 0.6) is 0 Å². The average Bonchev–Trinajstić information content (AvgIpc) is 2.43. The molecule has 118 valence electrons. The van der Waals surface area contributed by atoms with Crippen molar-refractivity contribution in [3.63, 3.8) is 0 Å². The Balaban J connectivity index is 4.09. The van der Waals surface area contributed by atoms with Gasteiger partial charge in [-0.3, -0.25) is 4.79 Å². The first-order valence-corrected chi connectivity index (χ1v) is 7.71. The number of carboxylic acids is 1. The molecule has 2 atom stereocenters. The van der Waals surface area contributed by atoms with Gasteiger partial charge in [-0.1, -0.05) is 27.2 Å². The summed E-state index contributed by atoms with van der Waals surface area (Å²) < 4.78 is 0. The number of urea groups is 1. The van der Waals surface area contributed by atoms with Gasteiger partial charge in [-0.15, -0.1) is 0 Å². The lowest BCUT2D eigenvalue weighted by Gasteiger charge is -2.28. The molecule has 0 aliphatic carbocycles. The van der Waals surface area contributed by atoms with Crippen LogP contribution in [0.1, 0.15) is 59.8 Å². The lowest BCUT2D eigenvalue weighted by atomic mass is 10.1. The first kappa shape index (κ1) is 18.7. The zero-order valence-electron chi connectivity index (χ0n) is 13.3. The molecular formula is C15H30N2O3. The Morgan fingerprint density at radius 3 is 2.35 bits per heavy atom. The van der Waals surface area contributed by atoms with Crippen molar-refractivity contribution in [1.29, 1.82) is 0 Å². The van der Waals surface area contributed by atoms with Gasteiger partial charge in [0.2, 0.25) is 0 Å². The van der Waals surface area contributed by atoms with E-state index in [1.807, 2.05) is 4.90 Å². The predicted molar refractivity (Wildman–Crippen MR) is 80.8 cm³/mol. The van der Waals surface area contributed by atoms with Crippen molar-refractivity contribution in [2.75, 3.05) is 13.1 Å². The maximum atomic E-state index is 12.1. The molecule has 2 N–H and O–H groups in total. The molecule has 0 saturated carbocycles. The second kappa shape index (κ2) is 10.5. The highest BCUT2D eigenvalue weighted by molar-refractivity contribution is 5.74. The second-order valence-corrected chi connectivity index (χ2v) is 5.42. The van der Waals surface area contributed by atoms with E-state index in [2.05, 4.69) is 26.1 Å². The van der Waals surface area contributed by atoms with Gasteiger partial charge in [-0.2, -0.15) is 0 Å². The quantitative estimate of drug-likeness (QED) is 0.606. The summed E-state index contributed by atoms with van der Waals surface area (Å²) in [7, 11) is 0. The van der Waals surface area contributed by atoms with E-state index in [0.29, 0.717) is 19.4 Å². The van der Waals surface area contributed by atoms with E-state index in [4.69, 9.17) is 5.11 Å². The largest absolute Gasteiger partial charge is 0.481 e. The van der Waals surface area contributed by atoms with Gasteiger partial charge in [0.1, 0.15) is 0 Å². The number of carbonyl (C=O) groups excluding carboxylic acids is 1. The van der Waals surface area contributed by atoms with E-state index in [1.165, 1.54) is 0 Å². The number of nitrogens with one attached hydrogen (secondary N) is 1. The zero-order chi connectivity index (χ0) is 15.5. The molecule has 0 aromatic heterocycles. The van der Waals surface area contributed by atoms with E-state index in [9.17, 15) is 9.59 Å². The van der Waals surface area contributed by atoms with Gasteiger partial charge in [0.25, 0.3) is 0 Å². The fourth-order valence-electron chi connectivity index (χ4n) is 1.90. The lowest BCUT2D eigenvalue weighted by Crippen LogP contribution is -2.45. The Hall–Kier alpha value is -1.26. The van der Waals surface area contributed by atoms with Crippen LogP contribution < -0.4 is 5.32 Å². The number of hydrogen-bond donors (Lipinski definition) is 2. The van der Waals surface area contributed by atoms with Crippen molar-refractivity contribution in [1.82, 2.24) is 10.2 Å². The van der Waals surface area contributed by atoms with Gasteiger partial charge in [0.05, 0.1) is 5.92 Å². The van der Waals surface area contributed by atoms with Gasteiger partial charge in [-0.05, 0) is 32.6 Å². The topological polar surface area (TPSA) is 69.6 Å². The molecule has 0 radical (unpaired) electrons. The summed E-state index contributed by atoms with van der Waals surface area (Å²) in [4.78, 5) is 24.7. The molecule has 0 aromatic rings. The predicted octanol–water partition coefficient (Wildman–Crippen LogP) is 3.10. The van der Waals surface area contributed by atoms with Gasteiger partial charge in [-0.25, -0.2) is 4.79 Å². The smallest absolute Gasteiger partial charge is 0.317 e. The summed E-state index contributed by atoms with van der Waals surface area (Å²) in [5.74, 6) is -1.13. The highest BCUT2D eigenvalue weighted by Gasteiger charge is 2.18. The van der Waals surface area contributed by atoms with Crippen LogP contribution in [0.3, 0.4) is 0 Å². The van der Waals surface area contributed by atoms with Crippen LogP contribution in [-0.2, 0) is 4.79 Å². The monoisotopic (exact) mass is 286 g/mol. The van der Waals surface area contributed by atoms with Gasteiger partial charge in [0.15, 0.2) is 0 Å². The first-order valence-electron chi connectivity index (χ1n) is 7.71. The standard InChI is InChI=1S/C15H30N2O3/c1-5-7-11-17(13(4)6-2)15(20)16-10-8-9-12(3)14(18)19/h12-13H,5-11H2,1-4H3,(H,16,20)(H,18,19). The summed E-state index contributed by atoms with van der Waals surface area (Å²) >= 11 is 0. The molecule has 0 aromatic carbocycles. The third kappa shape index (κ3) is 7.36. The van der Waals surface area contributed by atoms with E-state index in [1.54, 1.807) is 6.92 Å². The second-order valence-electron chi connectivity index (χ2n) is 5.42. The maximum Gasteiger partial charge on any atom is 0.317 e. The Morgan fingerprint density at radius 2 is 1.85 bits per heavy atom. The molecule has 5 heteroatoms. The van der Waals surface area contributed by atoms with Gasteiger partial charge < -0.3 is 15.3 Å². The van der Waals surface area contributed by atoms with Crippen LogP contribution >= 0.6 is 0 Å². The SMILES string of the molecule is CCCCN(C(=O)NCCCC(C)C(=O)O)C(C)CC. The maximum absolute atomic E-state index is 12.1. The molecule has 0 aliphatic heterocycles. The van der Waals surface area contributed by atoms with Crippen LogP contribution in [0, 0.1) is 5.92 Å². The zero-order valence-corrected chi connectivity index (χ0v) is 13.3. The fourth-order valence-corrected chi connectivity index (χ4v) is 1.90. The summed E-state index contributed by atoms with van der Waals surface area (Å²) in [5, 5.41) is 11.7. The van der Waals surface area contributed by atoms with Crippen molar-refractivity contribution in [2.24, 2.45) is 5.92 Å². The van der Waals surface area contributed by atoms with Gasteiger partial charge in [0, 0.05) is 19.1 Å². The minimum Gasteiger partial charge on any atom is -0.481 e. The van der Waals surface area contributed by atoms with E-state index >= 15 is 0 Å². The van der Waals surface area contributed by atoms with Crippen LogP contribution in [0.25, 0.3) is 0 Å². The number of unbranched alkanes of at least 4 members (excludes halogenated alkanes) is 1. The van der Waals surface area contributed by atoms with Crippen molar-refractivity contribution < 1.29 is 14.7 Å². The third-order valence-electron chi connectivity index (χ3n) is 3.65. The van der Waals surface area contributed by atoms with Crippen molar-refractivity contribution >= 4 is 12.0 Å². The molecule has 0 saturated heterocycles. The molecule has 0 heterocycles. The van der Waals surface area contributed by atoms with Crippen LogP contribution in [0.4, 0.5) is 4.79 Å². The molecule has 0 fully saturated rings. The molecule has 5 nitrogen and oxygen atoms in total. The first-order chi connectivity index (χ1) is 9.43. The van der Waals surface area contributed by atoms with Crippen molar-refractivity contribution in [2.45, 2.75) is 65.8 Å². The Kier molecular flexibility index (Phi) is 9.86. The van der Waals surface area contributed by atoms with Crippen LogP contribution in [0.2, 0.25) is 0 Å². The number of carboxylic acid groups (broad SMARTS) is 1. The van der Waals surface area contributed by atoms with E-state index < -0.39 is 5.97 Å². The third-order valence-corrected chi connectivity index (χ3v) is 3.65. The highest BCUT2D eigenvalue weighted by atomic mass is 16.4. The Labute approximate surface area is 122 Å². The number of amides is 2. The molecule has 0 bridgehead atoms. The average molecular weight is 286 g/mol. The molecule has 20 heavy (non-hydrogen) atoms. The molecule has 0 aliphatic rings. The molecule has 0 spiro atoms. The van der Waals surface area contributed by atoms with Gasteiger partial charge >= 0.3 is 12.0 Å². The normalized spacial score (nSPS) is 13.6. The fraction of sp³-hybridized carbons (Fsp3) is 0.867. The van der Waals surface area contributed by atoms with Crippen molar-refractivity contribution in [3.05, 3.63) is 0 Å². The Bertz CT molecular complexity index is 295. The molecule has 0 rings (SSSR count). The number of nitrogens with zero attached hydrogens (tertiary/aromatic N) is 1. The lowest BCUT2D eigenvalue weighted by molar-refractivity contribution is -0.141. The minimum absolute atomic E-state index is 0.0317. The Morgan fingerprint density at radius 1 is 1.20 bits per heavy atom. The number of rotatable bonds is 10. The molecule has 2 amide bonds. The summed E-state index contributed by atoms with van der Waals surface area (Å²) in [6, 6.07) is 0.204. The number of aliphatic carboxylic acids is 1. The number of hydrogen-bond acceptors (Lipinski definition) is 2. The summed E-state index contributed by atoms with van der Waals surface area (Å²) in [6.45, 7) is 9.25. The van der Waals surface area contributed by atoms with E-state index in [-0.39, 0.29) is 18.0 Å². The molecular weight excluding hydrogens is 256 g/mol.